The number of hydrogen-bond donors (Lipinski definition) is 1. The molecule has 1 N–H and O–H groups in total. The maximum atomic E-state index is 5.24. The zero-order chi connectivity index (χ0) is 11.5. The predicted molar refractivity (Wildman–Crippen MR) is 63.3 cm³/mol. The highest BCUT2D eigenvalue weighted by Gasteiger charge is 2.15. The van der Waals surface area contributed by atoms with Gasteiger partial charge in [-0.1, -0.05) is 13.8 Å². The molecular weight excluding hydrogens is 192 g/mol. The molecule has 0 spiro atoms. The number of ether oxygens (including phenoxy) is 2. The van der Waals surface area contributed by atoms with E-state index in [9.17, 15) is 0 Å². The number of nitrogens with one attached hydrogen (secondary N) is 1. The molecule has 0 aromatic rings. The van der Waals surface area contributed by atoms with Gasteiger partial charge in [0, 0.05) is 33.4 Å². The van der Waals surface area contributed by atoms with E-state index >= 15 is 0 Å². The minimum Gasteiger partial charge on any atom is -0.383 e. The average Bonchev–Trinajstić information content (AvgIpc) is 2.26. The van der Waals surface area contributed by atoms with Crippen molar-refractivity contribution < 1.29 is 9.47 Å². The van der Waals surface area contributed by atoms with Gasteiger partial charge in [0.25, 0.3) is 0 Å². The van der Waals surface area contributed by atoms with E-state index in [1.807, 2.05) is 0 Å². The highest BCUT2D eigenvalue weighted by atomic mass is 16.5. The summed E-state index contributed by atoms with van der Waals surface area (Å²) in [4.78, 5) is 2.38. The van der Waals surface area contributed by atoms with E-state index in [4.69, 9.17) is 9.47 Å². The van der Waals surface area contributed by atoms with Crippen LogP contribution in [0.5, 0.6) is 0 Å². The second kappa shape index (κ2) is 10.4. The Hall–Kier alpha value is -0.160. The molecule has 0 rings (SSSR count). The molecule has 0 aliphatic heterocycles. The van der Waals surface area contributed by atoms with Gasteiger partial charge in [0.05, 0.1) is 13.2 Å². The number of methoxy groups -OCH3 is 2. The third kappa shape index (κ3) is 6.84. The van der Waals surface area contributed by atoms with Crippen LogP contribution < -0.4 is 5.32 Å². The number of nitrogens with zero attached hydrogens (tertiary/aromatic N) is 1. The number of rotatable bonds is 10. The molecule has 0 aromatic heterocycles. The van der Waals surface area contributed by atoms with E-state index in [0.29, 0.717) is 6.04 Å². The summed E-state index contributed by atoms with van der Waals surface area (Å²) in [6.45, 7) is 9.81. The summed E-state index contributed by atoms with van der Waals surface area (Å²) in [5.41, 5.74) is 0. The first-order valence-electron chi connectivity index (χ1n) is 5.72. The topological polar surface area (TPSA) is 33.7 Å². The predicted octanol–water partition coefficient (Wildman–Crippen LogP) is 0.579. The van der Waals surface area contributed by atoms with E-state index in [1.54, 1.807) is 14.2 Å². The summed E-state index contributed by atoms with van der Waals surface area (Å²) in [5.74, 6) is 0. The minimum absolute atomic E-state index is 0.440. The lowest BCUT2D eigenvalue weighted by atomic mass is 10.2. The zero-order valence-corrected chi connectivity index (χ0v) is 10.6. The van der Waals surface area contributed by atoms with E-state index in [1.165, 1.54) is 0 Å². The third-order valence-electron chi connectivity index (χ3n) is 2.49. The van der Waals surface area contributed by atoms with Crippen molar-refractivity contribution in [1.29, 1.82) is 0 Å². The molecule has 0 amide bonds. The van der Waals surface area contributed by atoms with Crippen molar-refractivity contribution >= 4 is 0 Å². The van der Waals surface area contributed by atoms with Gasteiger partial charge < -0.3 is 14.8 Å². The molecule has 15 heavy (non-hydrogen) atoms. The van der Waals surface area contributed by atoms with Gasteiger partial charge in [0.2, 0.25) is 0 Å². The summed E-state index contributed by atoms with van der Waals surface area (Å²) in [5, 5.41) is 3.36. The lowest BCUT2D eigenvalue weighted by Gasteiger charge is -2.30. The summed E-state index contributed by atoms with van der Waals surface area (Å²) in [7, 11) is 3.49. The standard InChI is InChI=1S/C11H26N2O2/c1-5-12-9-11(10-15-4)13(6-2)7-8-14-3/h11-12H,5-10H2,1-4H3. The lowest BCUT2D eigenvalue weighted by molar-refractivity contribution is 0.0706. The first-order valence-corrected chi connectivity index (χ1v) is 5.72. The fourth-order valence-electron chi connectivity index (χ4n) is 1.60. The summed E-state index contributed by atoms with van der Waals surface area (Å²) in [6.07, 6.45) is 0. The van der Waals surface area contributed by atoms with Crippen LogP contribution in [-0.4, -0.2) is 64.6 Å². The molecule has 92 valence electrons. The van der Waals surface area contributed by atoms with Gasteiger partial charge in [0.1, 0.15) is 0 Å². The third-order valence-corrected chi connectivity index (χ3v) is 2.49. The van der Waals surface area contributed by atoms with E-state index in [2.05, 4.69) is 24.1 Å². The van der Waals surface area contributed by atoms with Gasteiger partial charge in [-0.3, -0.25) is 4.90 Å². The van der Waals surface area contributed by atoms with Crippen LogP contribution in [0.4, 0.5) is 0 Å². The Morgan fingerprint density at radius 3 is 2.40 bits per heavy atom. The Labute approximate surface area is 93.9 Å². The smallest absolute Gasteiger partial charge is 0.0630 e. The molecule has 0 aliphatic rings. The molecular formula is C11H26N2O2. The van der Waals surface area contributed by atoms with Gasteiger partial charge >= 0.3 is 0 Å². The molecule has 0 saturated heterocycles. The molecule has 0 heterocycles. The monoisotopic (exact) mass is 218 g/mol. The van der Waals surface area contributed by atoms with Crippen LogP contribution in [0.15, 0.2) is 0 Å². The second-order valence-electron chi connectivity index (χ2n) is 3.54. The molecule has 4 heteroatoms. The fraction of sp³-hybridized carbons (Fsp3) is 1.00. The SMILES string of the molecule is CCNCC(COC)N(CC)CCOC. The Kier molecular flexibility index (Phi) is 10.3. The molecule has 1 unspecified atom stereocenters. The quantitative estimate of drug-likeness (QED) is 0.581. The molecule has 4 nitrogen and oxygen atoms in total. The maximum absolute atomic E-state index is 5.24. The normalized spacial score (nSPS) is 13.4. The Balaban J connectivity index is 4.00. The van der Waals surface area contributed by atoms with Crippen LogP contribution in [0.25, 0.3) is 0 Å². The molecule has 0 bridgehead atoms. The first kappa shape index (κ1) is 14.8. The summed E-state index contributed by atoms with van der Waals surface area (Å²) >= 11 is 0. The van der Waals surface area contributed by atoms with Crippen molar-refractivity contribution in [3.8, 4) is 0 Å². The zero-order valence-electron chi connectivity index (χ0n) is 10.6. The van der Waals surface area contributed by atoms with Gasteiger partial charge in [-0.2, -0.15) is 0 Å². The van der Waals surface area contributed by atoms with Gasteiger partial charge in [0.15, 0.2) is 0 Å². The molecule has 0 aromatic carbocycles. The molecule has 1 atom stereocenters. The Morgan fingerprint density at radius 1 is 1.20 bits per heavy atom. The molecule has 0 saturated carbocycles. The summed E-state index contributed by atoms with van der Waals surface area (Å²) in [6, 6.07) is 0.440. The summed E-state index contributed by atoms with van der Waals surface area (Å²) < 4.78 is 10.3. The number of likely N-dealkylation sites (N-methyl/N-ethyl adjacent to an activating group) is 2. The van der Waals surface area contributed by atoms with E-state index < -0.39 is 0 Å². The van der Waals surface area contributed by atoms with Crippen molar-refractivity contribution in [2.24, 2.45) is 0 Å². The van der Waals surface area contributed by atoms with Gasteiger partial charge in [-0.25, -0.2) is 0 Å². The molecule has 0 fully saturated rings. The average molecular weight is 218 g/mol. The lowest BCUT2D eigenvalue weighted by Crippen LogP contribution is -2.46. The van der Waals surface area contributed by atoms with Crippen LogP contribution in [0.3, 0.4) is 0 Å². The van der Waals surface area contributed by atoms with Crippen molar-refractivity contribution in [3.63, 3.8) is 0 Å². The van der Waals surface area contributed by atoms with Crippen LogP contribution in [-0.2, 0) is 9.47 Å². The van der Waals surface area contributed by atoms with Crippen LogP contribution in [0.1, 0.15) is 13.8 Å². The number of hydrogen-bond acceptors (Lipinski definition) is 4. The van der Waals surface area contributed by atoms with Crippen molar-refractivity contribution in [3.05, 3.63) is 0 Å². The van der Waals surface area contributed by atoms with E-state index in [-0.39, 0.29) is 0 Å². The van der Waals surface area contributed by atoms with Crippen molar-refractivity contribution in [1.82, 2.24) is 10.2 Å². The van der Waals surface area contributed by atoms with Crippen molar-refractivity contribution in [2.45, 2.75) is 19.9 Å². The van der Waals surface area contributed by atoms with Crippen LogP contribution >= 0.6 is 0 Å². The van der Waals surface area contributed by atoms with Gasteiger partial charge in [-0.15, -0.1) is 0 Å². The van der Waals surface area contributed by atoms with Crippen LogP contribution in [0.2, 0.25) is 0 Å². The minimum atomic E-state index is 0.440. The Bertz CT molecular complexity index is 134. The van der Waals surface area contributed by atoms with Crippen LogP contribution in [0, 0.1) is 0 Å². The molecule has 0 aliphatic carbocycles. The second-order valence-corrected chi connectivity index (χ2v) is 3.54. The molecule has 0 radical (unpaired) electrons. The van der Waals surface area contributed by atoms with E-state index in [0.717, 1.165) is 39.4 Å². The fourth-order valence-corrected chi connectivity index (χ4v) is 1.60. The highest BCUT2D eigenvalue weighted by Crippen LogP contribution is 1.99. The largest absolute Gasteiger partial charge is 0.383 e. The highest BCUT2D eigenvalue weighted by molar-refractivity contribution is 4.72. The van der Waals surface area contributed by atoms with Crippen molar-refractivity contribution in [2.75, 3.05) is 53.6 Å². The Morgan fingerprint density at radius 2 is 1.93 bits per heavy atom. The maximum Gasteiger partial charge on any atom is 0.0630 e. The van der Waals surface area contributed by atoms with Gasteiger partial charge in [-0.05, 0) is 13.1 Å². The first-order chi connectivity index (χ1) is 7.29.